The first-order valence-corrected chi connectivity index (χ1v) is 11.1. The highest BCUT2D eigenvalue weighted by Crippen LogP contribution is 2.36. The first-order chi connectivity index (χ1) is 14.5. The van der Waals surface area contributed by atoms with Gasteiger partial charge in [0.05, 0.1) is 6.42 Å². The topological polar surface area (TPSA) is 49.4 Å². The van der Waals surface area contributed by atoms with Crippen LogP contribution in [0.4, 0.5) is 5.69 Å². The van der Waals surface area contributed by atoms with E-state index in [0.717, 1.165) is 37.7 Å². The summed E-state index contributed by atoms with van der Waals surface area (Å²) in [7, 11) is 0. The summed E-state index contributed by atoms with van der Waals surface area (Å²) >= 11 is 12.3. The third-order valence-electron chi connectivity index (χ3n) is 5.83. The fourth-order valence-electron chi connectivity index (χ4n) is 4.39. The van der Waals surface area contributed by atoms with Crippen LogP contribution in [-0.2, 0) is 9.59 Å². The second-order valence-corrected chi connectivity index (χ2v) is 8.91. The van der Waals surface area contributed by atoms with Gasteiger partial charge in [0.25, 0.3) is 5.91 Å². The lowest BCUT2D eigenvalue weighted by Gasteiger charge is -2.32. The van der Waals surface area contributed by atoms with Gasteiger partial charge in [-0.1, -0.05) is 78.9 Å². The number of nitrogens with one attached hydrogen (secondary N) is 1. The van der Waals surface area contributed by atoms with Crippen LogP contribution in [0.25, 0.3) is 6.08 Å². The van der Waals surface area contributed by atoms with Crippen molar-refractivity contribution in [3.63, 3.8) is 0 Å². The molecule has 30 heavy (non-hydrogen) atoms. The highest BCUT2D eigenvalue weighted by molar-refractivity contribution is 6.35. The Morgan fingerprint density at radius 3 is 2.30 bits per heavy atom. The Morgan fingerprint density at radius 2 is 1.63 bits per heavy atom. The largest absolute Gasteiger partial charge is 0.368 e. The van der Waals surface area contributed by atoms with E-state index in [-0.39, 0.29) is 24.3 Å². The molecule has 1 aliphatic carbocycles. The lowest BCUT2D eigenvalue weighted by molar-refractivity contribution is -0.142. The van der Waals surface area contributed by atoms with Crippen molar-refractivity contribution in [2.75, 3.05) is 5.32 Å². The minimum atomic E-state index is -1.17. The fraction of sp³-hybridized carbons (Fsp3) is 0.333. The van der Waals surface area contributed by atoms with Gasteiger partial charge in [-0.05, 0) is 42.7 Å². The fourth-order valence-corrected chi connectivity index (χ4v) is 4.92. The van der Waals surface area contributed by atoms with Gasteiger partial charge >= 0.3 is 0 Å². The molecular weight excluding hydrogens is 419 g/mol. The Morgan fingerprint density at radius 1 is 0.967 bits per heavy atom. The molecule has 2 aromatic carbocycles. The van der Waals surface area contributed by atoms with E-state index in [1.807, 2.05) is 36.4 Å². The number of carbonyl (C=O) groups is 2. The molecule has 4 nitrogen and oxygen atoms in total. The second kappa shape index (κ2) is 8.83. The first kappa shape index (κ1) is 21.0. The van der Waals surface area contributed by atoms with Gasteiger partial charge in [-0.25, -0.2) is 0 Å². The van der Waals surface area contributed by atoms with Crippen LogP contribution in [0.3, 0.4) is 0 Å². The molecule has 156 valence electrons. The minimum Gasteiger partial charge on any atom is -0.368 e. The van der Waals surface area contributed by atoms with Crippen LogP contribution < -0.4 is 5.32 Å². The molecule has 1 aliphatic heterocycles. The van der Waals surface area contributed by atoms with Gasteiger partial charge in [0, 0.05) is 21.8 Å². The summed E-state index contributed by atoms with van der Waals surface area (Å²) in [5.41, 5.74) is 0.397. The normalized spacial score (nSPS) is 22.8. The molecule has 6 heteroatoms. The predicted molar refractivity (Wildman–Crippen MR) is 122 cm³/mol. The Labute approximate surface area is 186 Å². The standard InChI is InChI=1S/C24H24Cl2N2O2/c25-18-13-19(26)15-20(14-18)27-24(12-11-17-7-3-1-4-8-17)16-22(29)28(23(24)30)21-9-5-2-6-10-21/h1,3-4,7-8,11-15,21,27H,2,5-6,9-10,16H2/b12-11+/t24-/m1/s1. The zero-order chi connectivity index (χ0) is 21.1. The SMILES string of the molecule is O=C1C[C@@](/C=C/c2ccccc2)(Nc2cc(Cl)cc(Cl)c2)C(=O)N1C1CCCCC1. The number of imide groups is 1. The average molecular weight is 443 g/mol. The number of hydrogen-bond donors (Lipinski definition) is 1. The smallest absolute Gasteiger partial charge is 0.259 e. The first-order valence-electron chi connectivity index (χ1n) is 10.3. The van der Waals surface area contributed by atoms with E-state index in [1.165, 1.54) is 4.90 Å². The van der Waals surface area contributed by atoms with E-state index in [0.29, 0.717) is 15.7 Å². The van der Waals surface area contributed by atoms with E-state index in [4.69, 9.17) is 23.2 Å². The van der Waals surface area contributed by atoms with Gasteiger partial charge < -0.3 is 5.32 Å². The summed E-state index contributed by atoms with van der Waals surface area (Å²) in [6, 6.07) is 14.8. The number of carbonyl (C=O) groups excluding carboxylic acids is 2. The summed E-state index contributed by atoms with van der Waals surface area (Å²) in [4.78, 5) is 28.2. The molecular formula is C24H24Cl2N2O2. The molecule has 1 N–H and O–H groups in total. The average Bonchev–Trinajstić information content (AvgIpc) is 2.97. The lowest BCUT2D eigenvalue weighted by Crippen LogP contribution is -2.48. The van der Waals surface area contributed by atoms with E-state index in [1.54, 1.807) is 24.3 Å². The molecule has 2 fully saturated rings. The molecule has 0 spiro atoms. The molecule has 1 atom stereocenters. The molecule has 4 rings (SSSR count). The number of amides is 2. The predicted octanol–water partition coefficient (Wildman–Crippen LogP) is 5.95. The van der Waals surface area contributed by atoms with Gasteiger partial charge in [-0.2, -0.15) is 0 Å². The number of nitrogens with zero attached hydrogens (tertiary/aromatic N) is 1. The summed E-state index contributed by atoms with van der Waals surface area (Å²) in [6.07, 6.45) is 8.76. The highest BCUT2D eigenvalue weighted by atomic mass is 35.5. The minimum absolute atomic E-state index is 0.0181. The maximum Gasteiger partial charge on any atom is 0.259 e. The molecule has 0 bridgehead atoms. The second-order valence-electron chi connectivity index (χ2n) is 8.04. The van der Waals surface area contributed by atoms with Crippen molar-refractivity contribution in [1.82, 2.24) is 4.90 Å². The molecule has 0 unspecified atom stereocenters. The van der Waals surface area contributed by atoms with Gasteiger partial charge in [0.15, 0.2) is 0 Å². The number of benzene rings is 2. The zero-order valence-electron chi connectivity index (χ0n) is 16.6. The van der Waals surface area contributed by atoms with Crippen molar-refractivity contribution >= 4 is 46.8 Å². The number of anilines is 1. The van der Waals surface area contributed by atoms with E-state index < -0.39 is 5.54 Å². The van der Waals surface area contributed by atoms with Crippen LogP contribution >= 0.6 is 23.2 Å². The monoisotopic (exact) mass is 442 g/mol. The number of likely N-dealkylation sites (tertiary alicyclic amines) is 1. The van der Waals surface area contributed by atoms with E-state index in [2.05, 4.69) is 5.32 Å². The van der Waals surface area contributed by atoms with E-state index in [9.17, 15) is 9.59 Å². The number of hydrogen-bond acceptors (Lipinski definition) is 3. The van der Waals surface area contributed by atoms with Gasteiger partial charge in [0.1, 0.15) is 5.54 Å². The zero-order valence-corrected chi connectivity index (χ0v) is 18.1. The third-order valence-corrected chi connectivity index (χ3v) is 6.27. The van der Waals surface area contributed by atoms with Crippen molar-refractivity contribution in [3.05, 3.63) is 70.2 Å². The van der Waals surface area contributed by atoms with Crippen molar-refractivity contribution in [2.45, 2.75) is 50.1 Å². The summed E-state index contributed by atoms with van der Waals surface area (Å²) in [5, 5.41) is 4.22. The Balaban J connectivity index is 1.70. The van der Waals surface area contributed by atoms with Crippen LogP contribution in [0, 0.1) is 0 Å². The molecule has 0 radical (unpaired) electrons. The van der Waals surface area contributed by atoms with Crippen molar-refractivity contribution < 1.29 is 9.59 Å². The Hall–Kier alpha value is -2.30. The quantitative estimate of drug-likeness (QED) is 0.581. The Bertz CT molecular complexity index is 950. The lowest BCUT2D eigenvalue weighted by atomic mass is 9.93. The van der Waals surface area contributed by atoms with Crippen LogP contribution in [0.5, 0.6) is 0 Å². The van der Waals surface area contributed by atoms with Crippen molar-refractivity contribution in [2.24, 2.45) is 0 Å². The maximum absolute atomic E-state index is 13.7. The molecule has 2 aliphatic rings. The van der Waals surface area contributed by atoms with Gasteiger partial charge in [0.2, 0.25) is 5.91 Å². The maximum atomic E-state index is 13.7. The van der Waals surface area contributed by atoms with Crippen LogP contribution in [0.1, 0.15) is 44.1 Å². The van der Waals surface area contributed by atoms with Crippen LogP contribution in [0.15, 0.2) is 54.6 Å². The summed E-state index contributed by atoms with van der Waals surface area (Å²) < 4.78 is 0. The number of rotatable bonds is 5. The van der Waals surface area contributed by atoms with Gasteiger partial charge in [-0.15, -0.1) is 0 Å². The Kier molecular flexibility index (Phi) is 6.16. The summed E-state index contributed by atoms with van der Waals surface area (Å²) in [5.74, 6) is -0.340. The third kappa shape index (κ3) is 4.40. The van der Waals surface area contributed by atoms with Gasteiger partial charge in [-0.3, -0.25) is 14.5 Å². The number of halogens is 2. The molecule has 1 saturated carbocycles. The van der Waals surface area contributed by atoms with Crippen LogP contribution in [-0.4, -0.2) is 28.3 Å². The molecule has 2 amide bonds. The molecule has 1 heterocycles. The van der Waals surface area contributed by atoms with Crippen molar-refractivity contribution in [3.8, 4) is 0 Å². The van der Waals surface area contributed by atoms with Crippen molar-refractivity contribution in [1.29, 1.82) is 0 Å². The highest BCUT2D eigenvalue weighted by Gasteiger charge is 2.52. The molecule has 1 saturated heterocycles. The molecule has 2 aromatic rings. The van der Waals surface area contributed by atoms with E-state index >= 15 is 0 Å². The van der Waals surface area contributed by atoms with Crippen LogP contribution in [0.2, 0.25) is 10.0 Å². The molecule has 0 aromatic heterocycles. The summed E-state index contributed by atoms with van der Waals surface area (Å²) in [6.45, 7) is 0.